The van der Waals surface area contributed by atoms with Gasteiger partial charge in [0, 0.05) is 31.2 Å². The van der Waals surface area contributed by atoms with Gasteiger partial charge < -0.3 is 9.64 Å². The second-order valence-corrected chi connectivity index (χ2v) is 8.54. The van der Waals surface area contributed by atoms with Crippen LogP contribution < -0.4 is 4.74 Å². The Morgan fingerprint density at radius 3 is 2.21 bits per heavy atom. The fourth-order valence-electron chi connectivity index (χ4n) is 2.79. The van der Waals surface area contributed by atoms with Crippen LogP contribution in [-0.2, 0) is 14.8 Å². The number of hydrogen-bond donors (Lipinski definition) is 0. The van der Waals surface area contributed by atoms with E-state index in [0.717, 1.165) is 4.31 Å². The molecule has 1 fully saturated rings. The summed E-state index contributed by atoms with van der Waals surface area (Å²) in [5.41, 5.74) is 0. The first-order valence-electron chi connectivity index (χ1n) is 8.50. The van der Waals surface area contributed by atoms with E-state index < -0.39 is 32.4 Å². The molecule has 29 heavy (non-hydrogen) atoms. The lowest BCUT2D eigenvalue weighted by Gasteiger charge is -2.34. The molecule has 3 rings (SSSR count). The standard InChI is InChI=1S/C18H16ClF3N2O4S/c19-12-1-3-13(4-2-12)28-11-16(25)23-7-9-24(10-8-23)29(26,27)15-6-5-14(20)17(21)18(15)22/h1-6H,7-11H2. The fraction of sp³-hybridized carbons (Fsp3) is 0.278. The maximum Gasteiger partial charge on any atom is 0.260 e. The van der Waals surface area contributed by atoms with Crippen molar-refractivity contribution in [3.05, 3.63) is 58.9 Å². The Morgan fingerprint density at radius 1 is 0.966 bits per heavy atom. The molecule has 0 N–H and O–H groups in total. The monoisotopic (exact) mass is 448 g/mol. The minimum Gasteiger partial charge on any atom is -0.484 e. The summed E-state index contributed by atoms with van der Waals surface area (Å²) in [4.78, 5) is 12.7. The van der Waals surface area contributed by atoms with Gasteiger partial charge in [-0.15, -0.1) is 0 Å². The third kappa shape index (κ3) is 4.65. The zero-order valence-corrected chi connectivity index (χ0v) is 16.5. The Kier molecular flexibility index (Phi) is 6.35. The molecule has 0 bridgehead atoms. The summed E-state index contributed by atoms with van der Waals surface area (Å²) >= 11 is 5.77. The molecule has 2 aromatic carbocycles. The molecule has 6 nitrogen and oxygen atoms in total. The molecule has 1 heterocycles. The minimum absolute atomic E-state index is 0.0489. The Labute approximate surface area is 170 Å². The first-order chi connectivity index (χ1) is 13.7. The molecule has 0 radical (unpaired) electrons. The first-order valence-corrected chi connectivity index (χ1v) is 10.3. The van der Waals surface area contributed by atoms with Gasteiger partial charge in [0.25, 0.3) is 5.91 Å². The van der Waals surface area contributed by atoms with E-state index in [1.165, 1.54) is 4.90 Å². The molecule has 0 saturated carbocycles. The number of piperazine rings is 1. The summed E-state index contributed by atoms with van der Waals surface area (Å²) in [5.74, 6) is -4.98. The van der Waals surface area contributed by atoms with Gasteiger partial charge in [0.15, 0.2) is 24.1 Å². The highest BCUT2D eigenvalue weighted by molar-refractivity contribution is 7.89. The predicted octanol–water partition coefficient (Wildman–Crippen LogP) is 2.67. The average molecular weight is 449 g/mol. The number of carbonyl (C=O) groups is 1. The molecule has 0 aliphatic carbocycles. The molecule has 0 unspecified atom stereocenters. The van der Waals surface area contributed by atoms with Crippen LogP contribution in [0.25, 0.3) is 0 Å². The summed E-state index contributed by atoms with van der Waals surface area (Å²) in [7, 11) is -4.37. The van der Waals surface area contributed by atoms with Crippen LogP contribution >= 0.6 is 11.6 Å². The molecule has 2 aromatic rings. The minimum atomic E-state index is -4.37. The van der Waals surface area contributed by atoms with E-state index in [1.54, 1.807) is 24.3 Å². The van der Waals surface area contributed by atoms with Gasteiger partial charge in [0.05, 0.1) is 0 Å². The number of carbonyl (C=O) groups excluding carboxylic acids is 1. The molecule has 11 heteroatoms. The zero-order chi connectivity index (χ0) is 21.2. The number of ether oxygens (including phenoxy) is 1. The van der Waals surface area contributed by atoms with Gasteiger partial charge in [-0.1, -0.05) is 11.6 Å². The van der Waals surface area contributed by atoms with Crippen molar-refractivity contribution in [2.24, 2.45) is 0 Å². The van der Waals surface area contributed by atoms with Gasteiger partial charge in [-0.2, -0.15) is 4.31 Å². The Balaban J connectivity index is 1.60. The SMILES string of the molecule is O=C(COc1ccc(Cl)cc1)N1CCN(S(=O)(=O)c2ccc(F)c(F)c2F)CC1. The number of nitrogens with zero attached hydrogens (tertiary/aromatic N) is 2. The largest absolute Gasteiger partial charge is 0.484 e. The summed E-state index contributed by atoms with van der Waals surface area (Å²) < 4.78 is 71.7. The smallest absolute Gasteiger partial charge is 0.260 e. The van der Waals surface area contributed by atoms with E-state index in [1.807, 2.05) is 0 Å². The molecule has 1 saturated heterocycles. The molecule has 0 spiro atoms. The van der Waals surface area contributed by atoms with Crippen LogP contribution in [0.15, 0.2) is 41.3 Å². The average Bonchev–Trinajstić information content (AvgIpc) is 2.71. The fourth-order valence-corrected chi connectivity index (χ4v) is 4.40. The second-order valence-electron chi connectivity index (χ2n) is 6.20. The highest BCUT2D eigenvalue weighted by Crippen LogP contribution is 2.24. The third-order valence-electron chi connectivity index (χ3n) is 4.38. The Bertz CT molecular complexity index is 1010. The van der Waals surface area contributed by atoms with Crippen LogP contribution in [0.2, 0.25) is 5.02 Å². The number of amides is 1. The van der Waals surface area contributed by atoms with Crippen LogP contribution in [-0.4, -0.2) is 56.3 Å². The lowest BCUT2D eigenvalue weighted by atomic mass is 10.3. The number of benzene rings is 2. The third-order valence-corrected chi connectivity index (χ3v) is 6.55. The summed E-state index contributed by atoms with van der Waals surface area (Å²) in [6.45, 7) is -0.381. The summed E-state index contributed by atoms with van der Waals surface area (Å²) in [6, 6.07) is 7.68. The quantitative estimate of drug-likeness (QED) is 0.660. The van der Waals surface area contributed by atoms with Crippen molar-refractivity contribution in [1.82, 2.24) is 9.21 Å². The van der Waals surface area contributed by atoms with Crippen molar-refractivity contribution in [2.75, 3.05) is 32.8 Å². The Morgan fingerprint density at radius 2 is 1.59 bits per heavy atom. The molecule has 1 amide bonds. The van der Waals surface area contributed by atoms with Crippen molar-refractivity contribution in [1.29, 1.82) is 0 Å². The van der Waals surface area contributed by atoms with E-state index in [9.17, 15) is 26.4 Å². The molecule has 1 aliphatic heterocycles. The maximum atomic E-state index is 13.9. The number of halogens is 4. The van der Waals surface area contributed by atoms with E-state index in [0.29, 0.717) is 22.9 Å². The number of hydrogen-bond acceptors (Lipinski definition) is 4. The lowest BCUT2D eigenvalue weighted by Crippen LogP contribution is -2.51. The van der Waals surface area contributed by atoms with Crippen LogP contribution in [0, 0.1) is 17.5 Å². The summed E-state index contributed by atoms with van der Waals surface area (Å²) in [5, 5.41) is 0.526. The van der Waals surface area contributed by atoms with Crippen molar-refractivity contribution in [3.8, 4) is 5.75 Å². The number of rotatable bonds is 5. The van der Waals surface area contributed by atoms with Crippen LogP contribution in [0.1, 0.15) is 0 Å². The highest BCUT2D eigenvalue weighted by atomic mass is 35.5. The van der Waals surface area contributed by atoms with E-state index in [2.05, 4.69) is 0 Å². The lowest BCUT2D eigenvalue weighted by molar-refractivity contribution is -0.134. The van der Waals surface area contributed by atoms with Gasteiger partial charge in [-0.25, -0.2) is 21.6 Å². The molecule has 0 atom stereocenters. The van der Waals surface area contributed by atoms with Crippen LogP contribution in [0.4, 0.5) is 13.2 Å². The molecule has 156 valence electrons. The normalized spacial score (nSPS) is 15.4. The van der Waals surface area contributed by atoms with Crippen molar-refractivity contribution < 1.29 is 31.1 Å². The predicted molar refractivity (Wildman–Crippen MR) is 98.6 cm³/mol. The van der Waals surface area contributed by atoms with Gasteiger partial charge in [-0.3, -0.25) is 4.79 Å². The number of sulfonamides is 1. The van der Waals surface area contributed by atoms with Crippen LogP contribution in [0.3, 0.4) is 0 Å². The Hall–Kier alpha value is -2.30. The van der Waals surface area contributed by atoms with Crippen LogP contribution in [0.5, 0.6) is 5.75 Å². The van der Waals surface area contributed by atoms with Gasteiger partial charge in [0.1, 0.15) is 10.6 Å². The topological polar surface area (TPSA) is 66.9 Å². The highest BCUT2D eigenvalue weighted by Gasteiger charge is 2.33. The van der Waals surface area contributed by atoms with Crippen molar-refractivity contribution in [3.63, 3.8) is 0 Å². The van der Waals surface area contributed by atoms with Gasteiger partial charge in [-0.05, 0) is 36.4 Å². The van der Waals surface area contributed by atoms with E-state index in [4.69, 9.17) is 16.3 Å². The van der Waals surface area contributed by atoms with Gasteiger partial charge >= 0.3 is 0 Å². The molecular formula is C18H16ClF3N2O4S. The van der Waals surface area contributed by atoms with E-state index >= 15 is 0 Å². The zero-order valence-electron chi connectivity index (χ0n) is 14.9. The van der Waals surface area contributed by atoms with Gasteiger partial charge in [0.2, 0.25) is 10.0 Å². The van der Waals surface area contributed by atoms with Crippen molar-refractivity contribution in [2.45, 2.75) is 4.90 Å². The maximum absolute atomic E-state index is 13.9. The molecule has 1 aliphatic rings. The first kappa shape index (κ1) is 21.4. The second kappa shape index (κ2) is 8.60. The van der Waals surface area contributed by atoms with Crippen molar-refractivity contribution >= 4 is 27.5 Å². The molecular weight excluding hydrogens is 433 g/mol. The summed E-state index contributed by atoms with van der Waals surface area (Å²) in [6.07, 6.45) is 0. The van der Waals surface area contributed by atoms with E-state index in [-0.39, 0.29) is 38.7 Å². The molecule has 0 aromatic heterocycles.